The first-order valence-electron chi connectivity index (χ1n) is 11.3. The summed E-state index contributed by atoms with van der Waals surface area (Å²) in [5.41, 5.74) is 3.00. The summed E-state index contributed by atoms with van der Waals surface area (Å²) in [6, 6.07) is 6.21. The van der Waals surface area contributed by atoms with Crippen molar-refractivity contribution in [3.05, 3.63) is 41.1 Å². The Balaban J connectivity index is 2.21. The molecule has 0 radical (unpaired) electrons. The van der Waals surface area contributed by atoms with Crippen LogP contribution in [-0.4, -0.2) is 49.7 Å². The number of ether oxygens (including phenoxy) is 1. The molecule has 1 saturated carbocycles. The molecule has 0 saturated heterocycles. The fraction of sp³-hybridized carbons (Fsp3) is 0.600. The van der Waals surface area contributed by atoms with Crippen LogP contribution in [0.1, 0.15) is 65.0 Å². The SMILES string of the molecule is COc1cc(CC/C=C(/N=CS(=O)(=O)C2CC2)C(=O)N(C)C(C)(C)C)ccc1CC(C)C. The monoisotopic (exact) mass is 462 g/mol. The van der Waals surface area contributed by atoms with E-state index < -0.39 is 15.4 Å². The van der Waals surface area contributed by atoms with Crippen LogP contribution in [0.5, 0.6) is 5.75 Å². The van der Waals surface area contributed by atoms with Crippen molar-refractivity contribution in [2.24, 2.45) is 10.9 Å². The molecule has 7 heteroatoms. The number of methoxy groups -OCH3 is 1. The average molecular weight is 463 g/mol. The molecular formula is C25H38N2O4S. The van der Waals surface area contributed by atoms with Crippen molar-refractivity contribution in [2.75, 3.05) is 14.2 Å². The highest BCUT2D eigenvalue weighted by atomic mass is 32.2. The lowest BCUT2D eigenvalue weighted by Crippen LogP contribution is -2.43. The number of allylic oxidation sites excluding steroid dienone is 1. The van der Waals surface area contributed by atoms with Gasteiger partial charge in [0, 0.05) is 12.6 Å². The van der Waals surface area contributed by atoms with Gasteiger partial charge in [0.15, 0.2) is 9.84 Å². The first-order valence-corrected chi connectivity index (χ1v) is 12.9. The van der Waals surface area contributed by atoms with E-state index in [-0.39, 0.29) is 16.9 Å². The van der Waals surface area contributed by atoms with Crippen molar-refractivity contribution < 1.29 is 17.9 Å². The van der Waals surface area contributed by atoms with Gasteiger partial charge >= 0.3 is 0 Å². The third-order valence-corrected chi connectivity index (χ3v) is 7.41. The lowest BCUT2D eigenvalue weighted by Gasteiger charge is -2.32. The van der Waals surface area contributed by atoms with Crippen molar-refractivity contribution in [2.45, 2.75) is 77.5 Å². The fourth-order valence-electron chi connectivity index (χ4n) is 3.21. The van der Waals surface area contributed by atoms with E-state index in [4.69, 9.17) is 4.74 Å². The molecule has 6 nitrogen and oxygen atoms in total. The van der Waals surface area contributed by atoms with Gasteiger partial charge in [-0.05, 0) is 76.0 Å². The molecule has 0 N–H and O–H groups in total. The van der Waals surface area contributed by atoms with E-state index in [0.29, 0.717) is 31.6 Å². The quantitative estimate of drug-likeness (QED) is 0.290. The molecule has 178 valence electrons. The molecule has 1 amide bonds. The maximum Gasteiger partial charge on any atom is 0.272 e. The number of nitrogens with zero attached hydrogens (tertiary/aromatic N) is 2. The van der Waals surface area contributed by atoms with Crippen LogP contribution < -0.4 is 4.74 Å². The molecule has 0 bridgehead atoms. The topological polar surface area (TPSA) is 76.0 Å². The molecule has 2 rings (SSSR count). The Morgan fingerprint density at radius 3 is 2.47 bits per heavy atom. The first kappa shape index (κ1) is 26.1. The lowest BCUT2D eigenvalue weighted by molar-refractivity contribution is -0.129. The highest BCUT2D eigenvalue weighted by Gasteiger charge is 2.34. The zero-order valence-corrected chi connectivity index (χ0v) is 21.3. The zero-order chi connectivity index (χ0) is 24.1. The molecule has 0 unspecified atom stereocenters. The molecule has 0 spiro atoms. The second-order valence-electron chi connectivity index (χ2n) is 9.93. The van der Waals surface area contributed by atoms with Crippen molar-refractivity contribution >= 4 is 21.3 Å². The van der Waals surface area contributed by atoms with Crippen LogP contribution in [0.3, 0.4) is 0 Å². The van der Waals surface area contributed by atoms with Gasteiger partial charge in [0.1, 0.15) is 17.0 Å². The second kappa shape index (κ2) is 10.6. The first-order chi connectivity index (χ1) is 14.8. The summed E-state index contributed by atoms with van der Waals surface area (Å²) in [6.07, 6.45) is 5.27. The minimum absolute atomic E-state index is 0.162. The van der Waals surface area contributed by atoms with Crippen LogP contribution in [0.2, 0.25) is 0 Å². The van der Waals surface area contributed by atoms with Crippen LogP contribution in [-0.2, 0) is 27.5 Å². The van der Waals surface area contributed by atoms with E-state index in [9.17, 15) is 13.2 Å². The van der Waals surface area contributed by atoms with E-state index in [1.807, 2.05) is 26.8 Å². The number of carbonyl (C=O) groups excluding carboxylic acids is 1. The van der Waals surface area contributed by atoms with Gasteiger partial charge in [0.05, 0.1) is 12.4 Å². The molecule has 0 atom stereocenters. The number of carbonyl (C=O) groups is 1. The number of aliphatic imine (C=N–C) groups is 1. The maximum absolute atomic E-state index is 13.0. The predicted molar refractivity (Wildman–Crippen MR) is 131 cm³/mol. The lowest BCUT2D eigenvalue weighted by atomic mass is 9.99. The zero-order valence-electron chi connectivity index (χ0n) is 20.5. The summed E-state index contributed by atoms with van der Waals surface area (Å²) in [4.78, 5) is 18.7. The standard InChI is InChI=1S/C25H38N2O4S/c1-18(2)15-20-12-11-19(16-23(20)31-7)9-8-10-22(24(28)27(6)25(3,4)5)26-17-32(29,30)21-13-14-21/h10-12,16-18,21H,8-9,13-15H2,1-7H3/b22-10+,26-17?. The molecule has 32 heavy (non-hydrogen) atoms. The Bertz CT molecular complexity index is 968. The van der Waals surface area contributed by atoms with Gasteiger partial charge in [-0.3, -0.25) is 4.79 Å². The Hall–Kier alpha value is -2.15. The van der Waals surface area contributed by atoms with E-state index in [0.717, 1.165) is 23.3 Å². The summed E-state index contributed by atoms with van der Waals surface area (Å²) in [5, 5.41) is -0.347. The van der Waals surface area contributed by atoms with Gasteiger partial charge in [-0.2, -0.15) is 0 Å². The molecule has 0 heterocycles. The van der Waals surface area contributed by atoms with E-state index >= 15 is 0 Å². The molecule has 1 aromatic rings. The molecule has 1 aliphatic carbocycles. The minimum atomic E-state index is -3.40. The van der Waals surface area contributed by atoms with Crippen LogP contribution in [0.4, 0.5) is 0 Å². The molecule has 1 aromatic carbocycles. The molecular weight excluding hydrogens is 424 g/mol. The van der Waals surface area contributed by atoms with Crippen LogP contribution in [0.15, 0.2) is 35.0 Å². The van der Waals surface area contributed by atoms with E-state index in [2.05, 4.69) is 31.0 Å². The number of likely N-dealkylation sites (N-methyl/N-ethyl adjacent to an activating group) is 1. The fourth-order valence-corrected chi connectivity index (χ4v) is 4.44. The van der Waals surface area contributed by atoms with Gasteiger partial charge < -0.3 is 9.64 Å². The van der Waals surface area contributed by atoms with E-state index in [1.54, 1.807) is 25.1 Å². The normalized spacial score (nSPS) is 15.4. The second-order valence-corrected chi connectivity index (χ2v) is 12.0. The average Bonchev–Trinajstić information content (AvgIpc) is 3.55. The van der Waals surface area contributed by atoms with Crippen molar-refractivity contribution in [3.8, 4) is 5.75 Å². The number of rotatable bonds is 10. The van der Waals surface area contributed by atoms with Crippen molar-refractivity contribution in [3.63, 3.8) is 0 Å². The van der Waals surface area contributed by atoms with Gasteiger partial charge in [-0.25, -0.2) is 13.4 Å². The Morgan fingerprint density at radius 1 is 1.28 bits per heavy atom. The third kappa shape index (κ3) is 7.47. The van der Waals surface area contributed by atoms with Gasteiger partial charge in [0.25, 0.3) is 5.91 Å². The van der Waals surface area contributed by atoms with E-state index in [1.165, 1.54) is 5.56 Å². The Labute approximate surface area is 193 Å². The Kier molecular flexibility index (Phi) is 8.68. The van der Waals surface area contributed by atoms with Gasteiger partial charge in [0.2, 0.25) is 0 Å². The summed E-state index contributed by atoms with van der Waals surface area (Å²) in [5.74, 6) is 1.12. The summed E-state index contributed by atoms with van der Waals surface area (Å²) in [6.45, 7) is 10.1. The number of benzene rings is 1. The van der Waals surface area contributed by atoms with Crippen LogP contribution in [0, 0.1) is 5.92 Å². The summed E-state index contributed by atoms with van der Waals surface area (Å²) in [7, 11) is -0.0124. The van der Waals surface area contributed by atoms with Crippen molar-refractivity contribution in [1.29, 1.82) is 0 Å². The Morgan fingerprint density at radius 2 is 1.94 bits per heavy atom. The minimum Gasteiger partial charge on any atom is -0.496 e. The maximum atomic E-state index is 13.0. The van der Waals surface area contributed by atoms with Gasteiger partial charge in [-0.15, -0.1) is 0 Å². The van der Waals surface area contributed by atoms with Crippen LogP contribution in [0.25, 0.3) is 0 Å². The summed E-state index contributed by atoms with van der Waals surface area (Å²) < 4.78 is 30.1. The molecule has 1 fully saturated rings. The molecule has 0 aliphatic heterocycles. The number of amides is 1. The van der Waals surface area contributed by atoms with Crippen LogP contribution >= 0.6 is 0 Å². The number of hydrogen-bond acceptors (Lipinski definition) is 5. The third-order valence-electron chi connectivity index (χ3n) is 5.61. The number of aryl methyl sites for hydroxylation is 1. The highest BCUT2D eigenvalue weighted by Crippen LogP contribution is 2.28. The van der Waals surface area contributed by atoms with Gasteiger partial charge in [-0.1, -0.05) is 32.1 Å². The predicted octanol–water partition coefficient (Wildman–Crippen LogP) is 4.57. The molecule has 0 aromatic heterocycles. The highest BCUT2D eigenvalue weighted by molar-refractivity contribution is 8.05. The van der Waals surface area contributed by atoms with Crippen molar-refractivity contribution in [1.82, 2.24) is 4.90 Å². The largest absolute Gasteiger partial charge is 0.496 e. The molecule has 1 aliphatic rings. The number of sulfone groups is 1. The smallest absolute Gasteiger partial charge is 0.272 e. The number of hydrogen-bond donors (Lipinski definition) is 0. The summed E-state index contributed by atoms with van der Waals surface area (Å²) >= 11 is 0.